The molecule has 2 rings (SSSR count). The lowest BCUT2D eigenvalue weighted by Gasteiger charge is -2.17. The summed E-state index contributed by atoms with van der Waals surface area (Å²) in [4.78, 5) is 13.7. The van der Waals surface area contributed by atoms with Crippen LogP contribution in [0.25, 0.3) is 0 Å². The Bertz CT molecular complexity index is 420. The van der Waals surface area contributed by atoms with Gasteiger partial charge in [-0.25, -0.2) is 0 Å². The second-order valence-corrected chi connectivity index (χ2v) is 4.66. The summed E-state index contributed by atoms with van der Waals surface area (Å²) in [5, 5.41) is 0. The maximum absolute atomic E-state index is 11.8. The molecular formula is C14H20N2O2. The van der Waals surface area contributed by atoms with E-state index in [-0.39, 0.29) is 5.91 Å². The van der Waals surface area contributed by atoms with E-state index >= 15 is 0 Å². The molecule has 0 aliphatic carbocycles. The number of nitrogens with zero attached hydrogens (tertiary/aromatic N) is 1. The average molecular weight is 248 g/mol. The van der Waals surface area contributed by atoms with Gasteiger partial charge in [-0.2, -0.15) is 0 Å². The highest BCUT2D eigenvalue weighted by Crippen LogP contribution is 2.21. The summed E-state index contributed by atoms with van der Waals surface area (Å²) < 4.78 is 5.46. The SMILES string of the molecule is CCOc1cccc(CN2CC(CN)CC2=O)c1. The van der Waals surface area contributed by atoms with Crippen molar-refractivity contribution in [2.75, 3.05) is 19.7 Å². The van der Waals surface area contributed by atoms with Gasteiger partial charge in [-0.3, -0.25) is 4.79 Å². The van der Waals surface area contributed by atoms with Crippen LogP contribution in [0.3, 0.4) is 0 Å². The van der Waals surface area contributed by atoms with Crippen LogP contribution < -0.4 is 10.5 Å². The number of benzene rings is 1. The Labute approximate surface area is 108 Å². The Morgan fingerprint density at radius 2 is 2.33 bits per heavy atom. The van der Waals surface area contributed by atoms with Crippen molar-refractivity contribution in [3.05, 3.63) is 29.8 Å². The summed E-state index contributed by atoms with van der Waals surface area (Å²) >= 11 is 0. The number of likely N-dealkylation sites (tertiary alicyclic amines) is 1. The van der Waals surface area contributed by atoms with E-state index in [0.717, 1.165) is 17.9 Å². The standard InChI is InChI=1S/C14H20N2O2/c1-2-18-13-5-3-4-11(6-13)9-16-10-12(8-15)7-14(16)17/h3-6,12H,2,7-10,15H2,1H3. The zero-order chi connectivity index (χ0) is 13.0. The molecule has 1 saturated heterocycles. The zero-order valence-corrected chi connectivity index (χ0v) is 10.8. The Hall–Kier alpha value is -1.55. The van der Waals surface area contributed by atoms with Crippen LogP contribution in [-0.2, 0) is 11.3 Å². The van der Waals surface area contributed by atoms with Gasteiger partial charge >= 0.3 is 0 Å². The molecule has 1 aromatic rings. The predicted molar refractivity (Wildman–Crippen MR) is 70.2 cm³/mol. The van der Waals surface area contributed by atoms with E-state index < -0.39 is 0 Å². The molecule has 0 saturated carbocycles. The van der Waals surface area contributed by atoms with Gasteiger partial charge in [0.05, 0.1) is 6.61 Å². The van der Waals surface area contributed by atoms with E-state index in [1.165, 1.54) is 0 Å². The van der Waals surface area contributed by atoms with Crippen molar-refractivity contribution in [3.8, 4) is 5.75 Å². The molecule has 0 aromatic heterocycles. The van der Waals surface area contributed by atoms with E-state index in [2.05, 4.69) is 0 Å². The summed E-state index contributed by atoms with van der Waals surface area (Å²) in [5.74, 6) is 1.37. The van der Waals surface area contributed by atoms with E-state index in [4.69, 9.17) is 10.5 Å². The molecule has 1 unspecified atom stereocenters. The highest BCUT2D eigenvalue weighted by molar-refractivity contribution is 5.78. The van der Waals surface area contributed by atoms with Gasteiger partial charge in [-0.05, 0) is 37.1 Å². The molecular weight excluding hydrogens is 228 g/mol. The zero-order valence-electron chi connectivity index (χ0n) is 10.8. The molecule has 98 valence electrons. The van der Waals surface area contributed by atoms with Crippen molar-refractivity contribution in [2.45, 2.75) is 19.9 Å². The van der Waals surface area contributed by atoms with Crippen LogP contribution >= 0.6 is 0 Å². The average Bonchev–Trinajstić information content (AvgIpc) is 2.71. The van der Waals surface area contributed by atoms with Gasteiger partial charge in [0.1, 0.15) is 5.75 Å². The highest BCUT2D eigenvalue weighted by Gasteiger charge is 2.28. The molecule has 1 aromatic carbocycles. The molecule has 0 spiro atoms. The van der Waals surface area contributed by atoms with E-state index in [1.54, 1.807) is 0 Å². The smallest absolute Gasteiger partial charge is 0.223 e. The fourth-order valence-corrected chi connectivity index (χ4v) is 2.29. The number of nitrogens with two attached hydrogens (primary N) is 1. The molecule has 1 fully saturated rings. The fraction of sp³-hybridized carbons (Fsp3) is 0.500. The normalized spacial score (nSPS) is 19.3. The van der Waals surface area contributed by atoms with Crippen molar-refractivity contribution in [1.29, 1.82) is 0 Å². The summed E-state index contributed by atoms with van der Waals surface area (Å²) in [6.45, 7) is 4.62. The molecule has 2 N–H and O–H groups in total. The van der Waals surface area contributed by atoms with E-state index in [9.17, 15) is 4.79 Å². The van der Waals surface area contributed by atoms with Crippen molar-refractivity contribution in [1.82, 2.24) is 4.90 Å². The fourth-order valence-electron chi connectivity index (χ4n) is 2.29. The van der Waals surface area contributed by atoms with Gasteiger partial charge < -0.3 is 15.4 Å². The Balaban J connectivity index is 2.01. The molecule has 1 heterocycles. The third-order valence-electron chi connectivity index (χ3n) is 3.21. The van der Waals surface area contributed by atoms with Crippen LogP contribution in [0.4, 0.5) is 0 Å². The van der Waals surface area contributed by atoms with Gasteiger partial charge in [-0.15, -0.1) is 0 Å². The minimum Gasteiger partial charge on any atom is -0.494 e. The maximum Gasteiger partial charge on any atom is 0.223 e. The molecule has 4 nitrogen and oxygen atoms in total. The number of carbonyl (C=O) groups is 1. The molecule has 18 heavy (non-hydrogen) atoms. The number of carbonyl (C=O) groups excluding carboxylic acids is 1. The first kappa shape index (κ1) is 12.9. The second-order valence-electron chi connectivity index (χ2n) is 4.66. The van der Waals surface area contributed by atoms with Crippen LogP contribution in [0.1, 0.15) is 18.9 Å². The van der Waals surface area contributed by atoms with E-state index in [0.29, 0.717) is 32.0 Å². The van der Waals surface area contributed by atoms with Crippen molar-refractivity contribution in [2.24, 2.45) is 11.7 Å². The largest absolute Gasteiger partial charge is 0.494 e. The van der Waals surface area contributed by atoms with Crippen LogP contribution in [0.2, 0.25) is 0 Å². The lowest BCUT2D eigenvalue weighted by atomic mass is 10.1. The van der Waals surface area contributed by atoms with Gasteiger partial charge in [0.25, 0.3) is 0 Å². The van der Waals surface area contributed by atoms with Gasteiger partial charge in [0.2, 0.25) is 5.91 Å². The Morgan fingerprint density at radius 3 is 3.00 bits per heavy atom. The molecule has 1 amide bonds. The Morgan fingerprint density at radius 1 is 1.50 bits per heavy atom. The molecule has 4 heteroatoms. The van der Waals surface area contributed by atoms with Crippen LogP contribution in [0.5, 0.6) is 5.75 Å². The molecule has 1 aliphatic heterocycles. The monoisotopic (exact) mass is 248 g/mol. The number of hydrogen-bond acceptors (Lipinski definition) is 3. The lowest BCUT2D eigenvalue weighted by Crippen LogP contribution is -2.25. The number of ether oxygens (including phenoxy) is 1. The van der Waals surface area contributed by atoms with Crippen molar-refractivity contribution >= 4 is 5.91 Å². The first-order valence-corrected chi connectivity index (χ1v) is 6.42. The van der Waals surface area contributed by atoms with Crippen LogP contribution in [0, 0.1) is 5.92 Å². The minimum atomic E-state index is 0.201. The van der Waals surface area contributed by atoms with Crippen LogP contribution in [0.15, 0.2) is 24.3 Å². The van der Waals surface area contributed by atoms with Crippen molar-refractivity contribution in [3.63, 3.8) is 0 Å². The topological polar surface area (TPSA) is 55.6 Å². The summed E-state index contributed by atoms with van der Waals surface area (Å²) in [7, 11) is 0. The van der Waals surface area contributed by atoms with Crippen molar-refractivity contribution < 1.29 is 9.53 Å². The number of rotatable bonds is 5. The predicted octanol–water partition coefficient (Wildman–Crippen LogP) is 1.39. The molecule has 1 atom stereocenters. The third kappa shape index (κ3) is 3.01. The van der Waals surface area contributed by atoms with Gasteiger partial charge in [0, 0.05) is 19.5 Å². The second kappa shape index (κ2) is 5.87. The maximum atomic E-state index is 11.8. The number of hydrogen-bond donors (Lipinski definition) is 1. The summed E-state index contributed by atoms with van der Waals surface area (Å²) in [6.07, 6.45) is 0.585. The third-order valence-corrected chi connectivity index (χ3v) is 3.21. The van der Waals surface area contributed by atoms with Gasteiger partial charge in [-0.1, -0.05) is 12.1 Å². The minimum absolute atomic E-state index is 0.201. The summed E-state index contributed by atoms with van der Waals surface area (Å²) in [5.41, 5.74) is 6.72. The van der Waals surface area contributed by atoms with Crippen LogP contribution in [-0.4, -0.2) is 30.5 Å². The van der Waals surface area contributed by atoms with E-state index in [1.807, 2.05) is 36.1 Å². The number of amides is 1. The quantitative estimate of drug-likeness (QED) is 0.856. The van der Waals surface area contributed by atoms with Gasteiger partial charge in [0.15, 0.2) is 0 Å². The summed E-state index contributed by atoms with van der Waals surface area (Å²) in [6, 6.07) is 7.90. The Kier molecular flexibility index (Phi) is 4.20. The first-order chi connectivity index (χ1) is 8.72. The lowest BCUT2D eigenvalue weighted by molar-refractivity contribution is -0.128. The highest BCUT2D eigenvalue weighted by atomic mass is 16.5. The molecule has 1 aliphatic rings. The first-order valence-electron chi connectivity index (χ1n) is 6.42. The molecule has 0 radical (unpaired) electrons. The molecule has 0 bridgehead atoms.